The van der Waals surface area contributed by atoms with E-state index in [0.29, 0.717) is 0 Å². The van der Waals surface area contributed by atoms with Crippen LogP contribution in [0.1, 0.15) is 5.56 Å². The molecule has 30 heavy (non-hydrogen) atoms. The van der Waals surface area contributed by atoms with Gasteiger partial charge in [-0.25, -0.2) is 9.67 Å². The summed E-state index contributed by atoms with van der Waals surface area (Å²) in [5, 5.41) is 11.5. The van der Waals surface area contributed by atoms with Crippen LogP contribution in [0, 0.1) is 0 Å². The third-order valence-corrected chi connectivity index (χ3v) is 4.47. The Balaban J connectivity index is 1.52. The van der Waals surface area contributed by atoms with Gasteiger partial charge in [-0.2, -0.15) is 18.3 Å². The summed E-state index contributed by atoms with van der Waals surface area (Å²) in [6, 6.07) is 16.5. The summed E-state index contributed by atoms with van der Waals surface area (Å²) in [6.07, 6.45) is -1.94. The maximum atomic E-state index is 13.1. The predicted molar refractivity (Wildman–Crippen MR) is 107 cm³/mol. The van der Waals surface area contributed by atoms with Gasteiger partial charge in [-0.1, -0.05) is 30.3 Å². The monoisotopic (exact) mass is 411 g/mol. The molecule has 1 aromatic heterocycles. The van der Waals surface area contributed by atoms with Gasteiger partial charge < -0.3 is 10.6 Å². The SMILES string of the molecule is O=C(CNc1ccc2ccccc2c1)Nc1cc(C(F)(F)F)ccc1-n1cncn1. The first-order chi connectivity index (χ1) is 14.4. The molecule has 3 aromatic carbocycles. The first-order valence-electron chi connectivity index (χ1n) is 8.99. The van der Waals surface area contributed by atoms with Gasteiger partial charge in [0.25, 0.3) is 0 Å². The van der Waals surface area contributed by atoms with Gasteiger partial charge in [0, 0.05) is 5.69 Å². The predicted octanol–water partition coefficient (Wildman–Crippen LogP) is 4.49. The summed E-state index contributed by atoms with van der Waals surface area (Å²) in [7, 11) is 0. The standard InChI is InChI=1S/C21H16F3N5O/c22-21(23,24)16-6-8-19(29-13-25-12-27-29)18(10-16)28-20(30)11-26-17-7-5-14-3-1-2-4-15(14)9-17/h1-10,12-13,26H,11H2,(H,28,30). The minimum atomic E-state index is -4.54. The molecule has 0 aliphatic rings. The Hall–Kier alpha value is -3.88. The fourth-order valence-corrected chi connectivity index (χ4v) is 3.02. The molecule has 152 valence electrons. The number of aromatic nitrogens is 3. The van der Waals surface area contributed by atoms with Crippen molar-refractivity contribution in [2.75, 3.05) is 17.2 Å². The van der Waals surface area contributed by atoms with Crippen LogP contribution in [-0.2, 0) is 11.0 Å². The Morgan fingerprint density at radius 1 is 1.00 bits per heavy atom. The van der Waals surface area contributed by atoms with Gasteiger partial charge in [-0.3, -0.25) is 4.79 Å². The van der Waals surface area contributed by atoms with Crippen LogP contribution in [0.25, 0.3) is 16.5 Å². The molecule has 0 radical (unpaired) electrons. The van der Waals surface area contributed by atoms with Crippen molar-refractivity contribution in [3.63, 3.8) is 0 Å². The van der Waals surface area contributed by atoms with E-state index in [4.69, 9.17) is 0 Å². The Bertz CT molecular complexity index is 1190. The summed E-state index contributed by atoms with van der Waals surface area (Å²) in [5.41, 5.74) is 0.119. The minimum absolute atomic E-state index is 0.0133. The lowest BCUT2D eigenvalue weighted by molar-refractivity contribution is -0.137. The first-order valence-corrected chi connectivity index (χ1v) is 8.99. The first kappa shape index (κ1) is 19.4. The largest absolute Gasteiger partial charge is 0.416 e. The summed E-state index contributed by atoms with van der Waals surface area (Å²) in [4.78, 5) is 16.2. The van der Waals surface area contributed by atoms with Crippen LogP contribution in [0.5, 0.6) is 0 Å². The van der Waals surface area contributed by atoms with Crippen LogP contribution in [0.2, 0.25) is 0 Å². The number of rotatable bonds is 5. The Labute approximate surface area is 169 Å². The summed E-state index contributed by atoms with van der Waals surface area (Å²) >= 11 is 0. The van der Waals surface area contributed by atoms with E-state index in [1.165, 1.54) is 23.4 Å². The number of nitrogens with one attached hydrogen (secondary N) is 2. The number of amides is 1. The van der Waals surface area contributed by atoms with Crippen molar-refractivity contribution in [1.82, 2.24) is 14.8 Å². The fraction of sp³-hybridized carbons (Fsp3) is 0.0952. The van der Waals surface area contributed by atoms with Crippen LogP contribution < -0.4 is 10.6 Å². The average molecular weight is 411 g/mol. The molecule has 0 unspecified atom stereocenters. The van der Waals surface area contributed by atoms with Crippen molar-refractivity contribution >= 4 is 28.1 Å². The number of nitrogens with zero attached hydrogens (tertiary/aromatic N) is 3. The van der Waals surface area contributed by atoms with E-state index in [9.17, 15) is 18.0 Å². The van der Waals surface area contributed by atoms with Crippen LogP contribution in [0.15, 0.2) is 73.3 Å². The van der Waals surface area contributed by atoms with E-state index < -0.39 is 17.6 Å². The Morgan fingerprint density at radius 3 is 2.53 bits per heavy atom. The van der Waals surface area contributed by atoms with Gasteiger partial charge in [0.15, 0.2) is 0 Å². The van der Waals surface area contributed by atoms with Crippen molar-refractivity contribution in [2.45, 2.75) is 6.18 Å². The smallest absolute Gasteiger partial charge is 0.376 e. The number of hydrogen-bond acceptors (Lipinski definition) is 4. The molecular weight excluding hydrogens is 395 g/mol. The third kappa shape index (κ3) is 4.24. The summed E-state index contributed by atoms with van der Waals surface area (Å²) in [6.45, 7) is -0.120. The van der Waals surface area contributed by atoms with Crippen LogP contribution in [0.4, 0.5) is 24.5 Å². The normalized spacial score (nSPS) is 11.4. The van der Waals surface area contributed by atoms with Crippen molar-refractivity contribution < 1.29 is 18.0 Å². The van der Waals surface area contributed by atoms with E-state index in [-0.39, 0.29) is 17.9 Å². The molecular formula is C21H16F3N5O. The number of carbonyl (C=O) groups is 1. The molecule has 0 aliphatic carbocycles. The van der Waals surface area contributed by atoms with Gasteiger partial charge in [-0.15, -0.1) is 0 Å². The topological polar surface area (TPSA) is 71.8 Å². The van der Waals surface area contributed by atoms with Crippen LogP contribution in [-0.4, -0.2) is 27.2 Å². The molecule has 0 fully saturated rings. The minimum Gasteiger partial charge on any atom is -0.376 e. The second-order valence-electron chi connectivity index (χ2n) is 6.53. The van der Waals surface area contributed by atoms with E-state index >= 15 is 0 Å². The molecule has 0 spiro atoms. The van der Waals surface area contributed by atoms with E-state index in [1.54, 1.807) is 0 Å². The average Bonchev–Trinajstić information content (AvgIpc) is 3.26. The number of carbonyl (C=O) groups excluding carboxylic acids is 1. The highest BCUT2D eigenvalue weighted by Crippen LogP contribution is 2.33. The molecule has 9 heteroatoms. The number of alkyl halides is 3. The molecule has 1 heterocycles. The zero-order valence-electron chi connectivity index (χ0n) is 15.5. The molecule has 6 nitrogen and oxygen atoms in total. The molecule has 4 aromatic rings. The van der Waals surface area contributed by atoms with Gasteiger partial charge in [0.1, 0.15) is 12.7 Å². The van der Waals surface area contributed by atoms with Gasteiger partial charge in [0.2, 0.25) is 5.91 Å². The number of anilines is 2. The van der Waals surface area contributed by atoms with Crippen molar-refractivity contribution in [2.24, 2.45) is 0 Å². The Morgan fingerprint density at radius 2 is 1.80 bits per heavy atom. The van der Waals surface area contributed by atoms with Crippen molar-refractivity contribution in [3.05, 3.63) is 78.9 Å². The van der Waals surface area contributed by atoms with Crippen LogP contribution >= 0.6 is 0 Å². The molecule has 0 aliphatic heterocycles. The van der Waals surface area contributed by atoms with E-state index in [2.05, 4.69) is 20.7 Å². The highest BCUT2D eigenvalue weighted by Gasteiger charge is 2.31. The van der Waals surface area contributed by atoms with Gasteiger partial charge >= 0.3 is 6.18 Å². The molecule has 4 rings (SSSR count). The summed E-state index contributed by atoms with van der Waals surface area (Å²) in [5.74, 6) is -0.496. The van der Waals surface area contributed by atoms with E-state index in [0.717, 1.165) is 28.6 Å². The van der Waals surface area contributed by atoms with E-state index in [1.807, 2.05) is 42.5 Å². The lowest BCUT2D eigenvalue weighted by Crippen LogP contribution is -2.23. The zero-order chi connectivity index (χ0) is 21.1. The lowest BCUT2D eigenvalue weighted by atomic mass is 10.1. The molecule has 0 saturated heterocycles. The molecule has 2 N–H and O–H groups in total. The number of hydrogen-bond donors (Lipinski definition) is 2. The number of fused-ring (bicyclic) bond motifs is 1. The van der Waals surface area contributed by atoms with Gasteiger partial charge in [0.05, 0.1) is 23.5 Å². The maximum absolute atomic E-state index is 13.1. The molecule has 0 atom stereocenters. The molecule has 0 saturated carbocycles. The number of benzene rings is 3. The molecule has 1 amide bonds. The quantitative estimate of drug-likeness (QED) is 0.508. The fourth-order valence-electron chi connectivity index (χ4n) is 3.02. The Kier molecular flexibility index (Phi) is 5.09. The van der Waals surface area contributed by atoms with Crippen molar-refractivity contribution in [3.8, 4) is 5.69 Å². The second kappa shape index (κ2) is 7.86. The molecule has 0 bridgehead atoms. The van der Waals surface area contributed by atoms with Crippen LogP contribution in [0.3, 0.4) is 0 Å². The summed E-state index contributed by atoms with van der Waals surface area (Å²) < 4.78 is 40.6. The maximum Gasteiger partial charge on any atom is 0.416 e. The lowest BCUT2D eigenvalue weighted by Gasteiger charge is -2.15. The third-order valence-electron chi connectivity index (χ3n) is 4.47. The zero-order valence-corrected chi connectivity index (χ0v) is 15.5. The number of halogens is 3. The van der Waals surface area contributed by atoms with Gasteiger partial charge in [-0.05, 0) is 41.1 Å². The van der Waals surface area contributed by atoms with Crippen molar-refractivity contribution in [1.29, 1.82) is 0 Å². The highest BCUT2D eigenvalue weighted by atomic mass is 19.4. The second-order valence-corrected chi connectivity index (χ2v) is 6.53. The highest BCUT2D eigenvalue weighted by molar-refractivity contribution is 5.96.